The molecule has 1 aromatic heterocycles. The molecule has 1 aliphatic heterocycles. The molecule has 2 aliphatic rings. The third-order valence-corrected chi connectivity index (χ3v) is 4.70. The molecular formula is C16H17N5O4. The molecule has 2 atom stereocenters. The van der Waals surface area contributed by atoms with Gasteiger partial charge in [-0.1, -0.05) is 5.10 Å². The molecule has 0 saturated heterocycles. The number of methoxy groups -OCH3 is 2. The van der Waals surface area contributed by atoms with Gasteiger partial charge in [-0.3, -0.25) is 4.79 Å². The van der Waals surface area contributed by atoms with Crippen LogP contribution in [0.3, 0.4) is 0 Å². The van der Waals surface area contributed by atoms with Crippen LogP contribution in [0.4, 0.5) is 5.95 Å². The number of hydrogen-bond donors (Lipinski definition) is 1. The molecule has 1 saturated carbocycles. The Hall–Kier alpha value is -2.97. The van der Waals surface area contributed by atoms with Crippen LogP contribution in [-0.2, 0) is 4.79 Å². The Bertz CT molecular complexity index is 850. The third kappa shape index (κ3) is 2.34. The zero-order valence-electron chi connectivity index (χ0n) is 13.8. The number of tetrazole rings is 1. The first-order chi connectivity index (χ1) is 12.1. The maximum Gasteiger partial charge on any atom is 0.269 e. The van der Waals surface area contributed by atoms with Gasteiger partial charge in [-0.25, -0.2) is 9.67 Å². The Morgan fingerprint density at radius 3 is 2.60 bits per heavy atom. The minimum atomic E-state index is -0.450. The Morgan fingerprint density at radius 2 is 1.92 bits per heavy atom. The van der Waals surface area contributed by atoms with E-state index in [9.17, 15) is 9.90 Å². The molecule has 1 N–H and O–H groups in total. The maximum atomic E-state index is 12.6. The number of fused-ring (bicyclic) bond motifs is 2. The van der Waals surface area contributed by atoms with Crippen LogP contribution in [-0.4, -0.2) is 51.0 Å². The number of carbonyl (C=O) groups is 1. The Kier molecular flexibility index (Phi) is 3.63. The van der Waals surface area contributed by atoms with Crippen LogP contribution in [0, 0.1) is 5.92 Å². The molecule has 0 bridgehead atoms. The van der Waals surface area contributed by atoms with Gasteiger partial charge in [0.2, 0.25) is 5.75 Å². The number of aliphatic imine (C=N–C) groups is 1. The molecule has 0 spiro atoms. The van der Waals surface area contributed by atoms with Crippen molar-refractivity contribution in [1.82, 2.24) is 20.2 Å². The Morgan fingerprint density at radius 1 is 1.20 bits per heavy atom. The smallest absolute Gasteiger partial charge is 0.269 e. The van der Waals surface area contributed by atoms with E-state index in [1.54, 1.807) is 16.8 Å². The second-order valence-electron chi connectivity index (χ2n) is 6.04. The molecule has 2 aromatic rings. The van der Waals surface area contributed by atoms with Crippen LogP contribution in [0.1, 0.15) is 30.9 Å². The fourth-order valence-electron chi connectivity index (χ4n) is 3.55. The van der Waals surface area contributed by atoms with Crippen molar-refractivity contribution >= 4 is 17.4 Å². The van der Waals surface area contributed by atoms with E-state index in [4.69, 9.17) is 9.47 Å². The highest BCUT2D eigenvalue weighted by atomic mass is 16.5. The van der Waals surface area contributed by atoms with Crippen molar-refractivity contribution < 1.29 is 19.4 Å². The fraction of sp³-hybridized carbons (Fsp3) is 0.438. The number of hydrogen-bond acceptors (Lipinski definition) is 8. The number of aromatic hydroxyl groups is 1. The van der Waals surface area contributed by atoms with Gasteiger partial charge in [0.25, 0.3) is 5.95 Å². The number of phenolic OH excluding ortho intramolecular Hbond substituents is 1. The quantitative estimate of drug-likeness (QED) is 0.897. The number of rotatable bonds is 3. The van der Waals surface area contributed by atoms with Crippen molar-refractivity contribution in [2.24, 2.45) is 10.9 Å². The minimum Gasteiger partial charge on any atom is -0.502 e. The van der Waals surface area contributed by atoms with E-state index in [-0.39, 0.29) is 23.0 Å². The summed E-state index contributed by atoms with van der Waals surface area (Å²) in [6.45, 7) is 0. The van der Waals surface area contributed by atoms with Crippen LogP contribution in [0.5, 0.6) is 17.2 Å². The van der Waals surface area contributed by atoms with Gasteiger partial charge in [0.05, 0.1) is 26.2 Å². The van der Waals surface area contributed by atoms with Crippen LogP contribution < -0.4 is 9.47 Å². The molecule has 1 aromatic carbocycles. The van der Waals surface area contributed by atoms with Crippen LogP contribution in [0.2, 0.25) is 0 Å². The molecule has 0 radical (unpaired) electrons. The van der Waals surface area contributed by atoms with Crippen molar-refractivity contribution in [3.63, 3.8) is 0 Å². The number of Topliss-reactive ketones (excluding diaryl/α,β-unsaturated/α-hetero) is 1. The number of nitrogens with zero attached hydrogens (tertiary/aromatic N) is 5. The highest BCUT2D eigenvalue weighted by Gasteiger charge is 2.42. The normalized spacial score (nSPS) is 22.0. The van der Waals surface area contributed by atoms with Gasteiger partial charge < -0.3 is 14.6 Å². The second kappa shape index (κ2) is 5.83. The van der Waals surface area contributed by atoms with E-state index in [1.807, 2.05) is 0 Å². The van der Waals surface area contributed by atoms with E-state index < -0.39 is 12.0 Å². The largest absolute Gasteiger partial charge is 0.502 e. The lowest BCUT2D eigenvalue weighted by Crippen LogP contribution is -2.39. The zero-order chi connectivity index (χ0) is 17.6. The van der Waals surface area contributed by atoms with Crippen LogP contribution in [0.25, 0.3) is 0 Å². The third-order valence-electron chi connectivity index (χ3n) is 4.70. The monoisotopic (exact) mass is 343 g/mol. The standard InChI is InChI=1S/C16H17N5O4/c1-24-11-6-8(7-12(25-2)15(11)23)14-13-9(4-3-5-10(13)22)17-16-18-19-20-21(14)16/h6-7,13-14,23H,3-5H2,1-2H3. The van der Waals surface area contributed by atoms with E-state index >= 15 is 0 Å². The minimum absolute atomic E-state index is 0.0923. The van der Waals surface area contributed by atoms with E-state index in [2.05, 4.69) is 20.5 Å². The summed E-state index contributed by atoms with van der Waals surface area (Å²) in [5.74, 6) is 0.487. The molecule has 1 fully saturated rings. The summed E-state index contributed by atoms with van der Waals surface area (Å²) in [4.78, 5) is 17.1. The molecule has 2 heterocycles. The Labute approximate surface area is 143 Å². The molecule has 9 nitrogen and oxygen atoms in total. The first-order valence-electron chi connectivity index (χ1n) is 7.97. The van der Waals surface area contributed by atoms with Gasteiger partial charge in [-0.2, -0.15) is 0 Å². The molecule has 130 valence electrons. The predicted molar refractivity (Wildman–Crippen MR) is 86.6 cm³/mol. The van der Waals surface area contributed by atoms with Gasteiger partial charge in [-0.05, 0) is 41.0 Å². The van der Waals surface area contributed by atoms with Gasteiger partial charge in [-0.15, -0.1) is 0 Å². The van der Waals surface area contributed by atoms with Crippen molar-refractivity contribution in [1.29, 1.82) is 0 Å². The number of aromatic nitrogens is 4. The highest BCUT2D eigenvalue weighted by Crippen LogP contribution is 2.44. The zero-order valence-corrected chi connectivity index (χ0v) is 13.8. The Balaban J connectivity index is 1.91. The number of ether oxygens (including phenoxy) is 2. The van der Waals surface area contributed by atoms with Gasteiger partial charge in [0.15, 0.2) is 11.5 Å². The molecule has 4 rings (SSSR count). The number of carbonyl (C=O) groups excluding carboxylic acids is 1. The molecule has 0 amide bonds. The first-order valence-corrected chi connectivity index (χ1v) is 7.97. The van der Waals surface area contributed by atoms with Gasteiger partial charge >= 0.3 is 0 Å². The lowest BCUT2D eigenvalue weighted by Gasteiger charge is -2.33. The van der Waals surface area contributed by atoms with Crippen molar-refractivity contribution in [2.75, 3.05) is 14.2 Å². The molecule has 9 heteroatoms. The highest BCUT2D eigenvalue weighted by molar-refractivity contribution is 6.09. The first kappa shape index (κ1) is 15.6. The predicted octanol–water partition coefficient (Wildman–Crippen LogP) is 1.44. The fourth-order valence-corrected chi connectivity index (χ4v) is 3.55. The van der Waals surface area contributed by atoms with E-state index in [0.717, 1.165) is 18.6 Å². The summed E-state index contributed by atoms with van der Waals surface area (Å²) in [5.41, 5.74) is 1.52. The van der Waals surface area contributed by atoms with Crippen molar-refractivity contribution in [3.8, 4) is 17.2 Å². The molecule has 25 heavy (non-hydrogen) atoms. The van der Waals surface area contributed by atoms with Crippen LogP contribution in [0.15, 0.2) is 17.1 Å². The van der Waals surface area contributed by atoms with Crippen LogP contribution >= 0.6 is 0 Å². The second-order valence-corrected chi connectivity index (χ2v) is 6.04. The topological polar surface area (TPSA) is 112 Å². The maximum absolute atomic E-state index is 12.6. The molecule has 1 aliphatic carbocycles. The number of phenols is 1. The van der Waals surface area contributed by atoms with Crippen molar-refractivity contribution in [2.45, 2.75) is 25.3 Å². The summed E-state index contributed by atoms with van der Waals surface area (Å²) < 4.78 is 12.0. The lowest BCUT2D eigenvalue weighted by atomic mass is 9.77. The summed E-state index contributed by atoms with van der Waals surface area (Å²) in [7, 11) is 2.92. The lowest BCUT2D eigenvalue weighted by molar-refractivity contribution is -0.122. The number of ketones is 1. The summed E-state index contributed by atoms with van der Waals surface area (Å²) in [6.07, 6.45) is 2.03. The van der Waals surface area contributed by atoms with E-state index in [0.29, 0.717) is 17.9 Å². The summed E-state index contributed by atoms with van der Waals surface area (Å²) in [5, 5.41) is 21.8. The average Bonchev–Trinajstić information content (AvgIpc) is 3.08. The van der Waals surface area contributed by atoms with Gasteiger partial charge in [0, 0.05) is 12.1 Å². The molecule has 2 unspecified atom stereocenters. The van der Waals surface area contributed by atoms with E-state index in [1.165, 1.54) is 14.2 Å². The summed E-state index contributed by atoms with van der Waals surface area (Å²) >= 11 is 0. The molecular weight excluding hydrogens is 326 g/mol. The summed E-state index contributed by atoms with van der Waals surface area (Å²) in [6, 6.07) is 2.91. The number of benzene rings is 1. The average molecular weight is 343 g/mol. The SMILES string of the molecule is COc1cc(C2C3C(=O)CCCC3=Nc3nnnn32)cc(OC)c1O. The van der Waals surface area contributed by atoms with Gasteiger partial charge in [0.1, 0.15) is 5.78 Å². The van der Waals surface area contributed by atoms with Crippen molar-refractivity contribution in [3.05, 3.63) is 17.7 Å².